The van der Waals surface area contributed by atoms with E-state index in [1.807, 2.05) is 25.3 Å². The van der Waals surface area contributed by atoms with Gasteiger partial charge in [-0.25, -0.2) is 9.97 Å². The van der Waals surface area contributed by atoms with E-state index in [9.17, 15) is 4.79 Å². The van der Waals surface area contributed by atoms with Crippen molar-refractivity contribution in [1.29, 1.82) is 0 Å². The highest BCUT2D eigenvalue weighted by atomic mass is 16.5. The van der Waals surface area contributed by atoms with E-state index in [0.29, 0.717) is 0 Å². The number of amides is 1. The van der Waals surface area contributed by atoms with Crippen LogP contribution in [0.4, 0.5) is 11.4 Å². The molecule has 7 nitrogen and oxygen atoms in total. The van der Waals surface area contributed by atoms with Gasteiger partial charge in [0.2, 0.25) is 0 Å². The lowest BCUT2D eigenvalue weighted by Gasteiger charge is -2.25. The Hall–Kier alpha value is -3.19. The number of rotatable bonds is 4. The van der Waals surface area contributed by atoms with Gasteiger partial charge in [0.1, 0.15) is 11.6 Å². The Morgan fingerprint density at radius 1 is 1.13 bits per heavy atom. The molecule has 0 saturated carbocycles. The van der Waals surface area contributed by atoms with Gasteiger partial charge in [-0.15, -0.1) is 0 Å². The number of nitrogens with zero attached hydrogens (tertiary/aromatic N) is 4. The first-order valence-electron chi connectivity index (χ1n) is 10.9. The van der Waals surface area contributed by atoms with Crippen molar-refractivity contribution in [3.63, 3.8) is 0 Å². The summed E-state index contributed by atoms with van der Waals surface area (Å²) >= 11 is 0. The number of anilines is 2. The van der Waals surface area contributed by atoms with Crippen molar-refractivity contribution in [3.8, 4) is 5.75 Å². The minimum atomic E-state index is -0.0914. The van der Waals surface area contributed by atoms with Crippen LogP contribution in [0, 0.1) is 6.92 Å². The standard InChI is InChI=1S/C24H27N5O2/c1-17-25-15-19-20(26-17)4-2-5-22(19)29-10-3-9-28(12-13-29)11-8-18-6-7-23-21(14-18)27-24(30)16-31-23/h2,4-7,14-15H,3,8-13,16H2,1H3,(H,27,30). The summed E-state index contributed by atoms with van der Waals surface area (Å²) in [7, 11) is 0. The third-order valence-electron chi connectivity index (χ3n) is 6.05. The van der Waals surface area contributed by atoms with Crippen LogP contribution in [0.1, 0.15) is 17.8 Å². The Kier molecular flexibility index (Phi) is 5.42. The van der Waals surface area contributed by atoms with Crippen LogP contribution in [0.5, 0.6) is 5.75 Å². The maximum atomic E-state index is 11.6. The van der Waals surface area contributed by atoms with E-state index in [1.54, 1.807) is 0 Å². The van der Waals surface area contributed by atoms with Gasteiger partial charge < -0.3 is 19.9 Å². The molecule has 1 aromatic heterocycles. The first-order chi connectivity index (χ1) is 15.2. The van der Waals surface area contributed by atoms with Gasteiger partial charge in [0.05, 0.1) is 11.2 Å². The van der Waals surface area contributed by atoms with Crippen LogP contribution in [0.3, 0.4) is 0 Å². The molecule has 1 amide bonds. The Labute approximate surface area is 182 Å². The lowest BCUT2D eigenvalue weighted by atomic mass is 10.1. The van der Waals surface area contributed by atoms with Gasteiger partial charge >= 0.3 is 0 Å². The third kappa shape index (κ3) is 4.32. The molecule has 1 fully saturated rings. The van der Waals surface area contributed by atoms with E-state index in [2.05, 4.69) is 49.4 Å². The van der Waals surface area contributed by atoms with Gasteiger partial charge in [-0.2, -0.15) is 0 Å². The molecule has 31 heavy (non-hydrogen) atoms. The Morgan fingerprint density at radius 2 is 2.06 bits per heavy atom. The number of hydrogen-bond acceptors (Lipinski definition) is 6. The quantitative estimate of drug-likeness (QED) is 0.704. The van der Waals surface area contributed by atoms with E-state index in [-0.39, 0.29) is 12.5 Å². The number of aryl methyl sites for hydroxylation is 1. The fourth-order valence-corrected chi connectivity index (χ4v) is 4.42. The highest BCUT2D eigenvalue weighted by Crippen LogP contribution is 2.29. The smallest absolute Gasteiger partial charge is 0.262 e. The highest BCUT2D eigenvalue weighted by Gasteiger charge is 2.19. The van der Waals surface area contributed by atoms with Crippen molar-refractivity contribution >= 4 is 28.2 Å². The molecule has 2 aliphatic rings. The zero-order chi connectivity index (χ0) is 21.2. The van der Waals surface area contributed by atoms with Crippen LogP contribution in [0.2, 0.25) is 0 Å². The highest BCUT2D eigenvalue weighted by molar-refractivity contribution is 5.95. The molecule has 2 aromatic carbocycles. The first kappa shape index (κ1) is 19.8. The molecule has 3 heterocycles. The average molecular weight is 418 g/mol. The molecule has 0 radical (unpaired) electrons. The van der Waals surface area contributed by atoms with Crippen molar-refractivity contribution in [1.82, 2.24) is 14.9 Å². The Bertz CT molecular complexity index is 1120. The van der Waals surface area contributed by atoms with E-state index >= 15 is 0 Å². The van der Waals surface area contributed by atoms with Crippen LogP contribution < -0.4 is 15.0 Å². The van der Waals surface area contributed by atoms with Crippen LogP contribution >= 0.6 is 0 Å². The third-order valence-corrected chi connectivity index (χ3v) is 6.05. The lowest BCUT2D eigenvalue weighted by Crippen LogP contribution is -2.32. The maximum absolute atomic E-state index is 11.6. The number of ether oxygens (including phenoxy) is 1. The molecular weight excluding hydrogens is 390 g/mol. The fourth-order valence-electron chi connectivity index (χ4n) is 4.42. The molecule has 0 bridgehead atoms. The van der Waals surface area contributed by atoms with Crippen molar-refractivity contribution in [3.05, 3.63) is 54.0 Å². The van der Waals surface area contributed by atoms with Crippen molar-refractivity contribution in [2.24, 2.45) is 0 Å². The first-order valence-corrected chi connectivity index (χ1v) is 10.9. The number of nitrogens with one attached hydrogen (secondary N) is 1. The molecule has 1 saturated heterocycles. The zero-order valence-corrected chi connectivity index (χ0v) is 17.8. The predicted octanol–water partition coefficient (Wildman–Crippen LogP) is 3.02. The largest absolute Gasteiger partial charge is 0.482 e. The molecule has 7 heteroatoms. The van der Waals surface area contributed by atoms with Crippen LogP contribution in [-0.2, 0) is 11.2 Å². The van der Waals surface area contributed by atoms with Gasteiger partial charge in [0.15, 0.2) is 6.61 Å². The second kappa shape index (κ2) is 8.51. The zero-order valence-electron chi connectivity index (χ0n) is 17.8. The van der Waals surface area contributed by atoms with Crippen LogP contribution in [0.25, 0.3) is 10.9 Å². The number of benzene rings is 2. The van der Waals surface area contributed by atoms with Crippen molar-refractivity contribution in [2.75, 3.05) is 49.5 Å². The summed E-state index contributed by atoms with van der Waals surface area (Å²) in [6, 6.07) is 12.4. The van der Waals surface area contributed by atoms with Gasteiger partial charge in [0.25, 0.3) is 5.91 Å². The van der Waals surface area contributed by atoms with Crippen LogP contribution in [0.15, 0.2) is 42.6 Å². The number of carbonyl (C=O) groups excluding carboxylic acids is 1. The Morgan fingerprint density at radius 3 is 3.00 bits per heavy atom. The van der Waals surface area contributed by atoms with E-state index in [0.717, 1.165) is 73.7 Å². The van der Waals surface area contributed by atoms with Crippen molar-refractivity contribution in [2.45, 2.75) is 19.8 Å². The topological polar surface area (TPSA) is 70.6 Å². The number of hydrogen-bond donors (Lipinski definition) is 1. The molecular formula is C24H27N5O2. The number of fused-ring (bicyclic) bond motifs is 2. The molecule has 5 rings (SSSR count). The van der Waals surface area contributed by atoms with Crippen molar-refractivity contribution < 1.29 is 9.53 Å². The van der Waals surface area contributed by atoms with E-state index in [1.165, 1.54) is 11.3 Å². The summed E-state index contributed by atoms with van der Waals surface area (Å²) in [4.78, 5) is 25.6. The molecule has 0 aliphatic carbocycles. The van der Waals surface area contributed by atoms with Gasteiger partial charge in [-0.05, 0) is 56.1 Å². The lowest BCUT2D eigenvalue weighted by molar-refractivity contribution is -0.118. The van der Waals surface area contributed by atoms with E-state index in [4.69, 9.17) is 4.74 Å². The minimum Gasteiger partial charge on any atom is -0.482 e. The molecule has 160 valence electrons. The second-order valence-electron chi connectivity index (χ2n) is 8.23. The summed E-state index contributed by atoms with van der Waals surface area (Å²) in [6.07, 6.45) is 4.02. The SMILES string of the molecule is Cc1ncc2c(N3CCCN(CCc4ccc5c(c4)NC(=O)CO5)CC3)cccc2n1. The van der Waals surface area contributed by atoms with Crippen LogP contribution in [-0.4, -0.2) is 60.1 Å². The number of aromatic nitrogens is 2. The van der Waals surface area contributed by atoms with Gasteiger partial charge in [-0.1, -0.05) is 12.1 Å². The van der Waals surface area contributed by atoms with E-state index < -0.39 is 0 Å². The summed E-state index contributed by atoms with van der Waals surface area (Å²) in [6.45, 7) is 7.15. The Balaban J connectivity index is 1.23. The molecule has 0 atom stereocenters. The second-order valence-corrected chi connectivity index (χ2v) is 8.23. The molecule has 1 N–H and O–H groups in total. The number of carbonyl (C=O) groups is 1. The monoisotopic (exact) mass is 417 g/mol. The fraction of sp³-hybridized carbons (Fsp3) is 0.375. The molecule has 0 unspecified atom stereocenters. The minimum absolute atomic E-state index is 0.0914. The summed E-state index contributed by atoms with van der Waals surface area (Å²) in [5.41, 5.74) is 4.23. The van der Waals surface area contributed by atoms with Gasteiger partial charge in [-0.3, -0.25) is 4.79 Å². The normalized spacial score (nSPS) is 17.1. The maximum Gasteiger partial charge on any atom is 0.262 e. The molecule has 2 aliphatic heterocycles. The molecule has 0 spiro atoms. The summed E-state index contributed by atoms with van der Waals surface area (Å²) in [5.74, 6) is 1.47. The summed E-state index contributed by atoms with van der Waals surface area (Å²) in [5, 5.41) is 4.02. The average Bonchev–Trinajstić information content (AvgIpc) is 3.02. The predicted molar refractivity (Wildman–Crippen MR) is 122 cm³/mol. The summed E-state index contributed by atoms with van der Waals surface area (Å²) < 4.78 is 5.46. The van der Waals surface area contributed by atoms with Gasteiger partial charge in [0, 0.05) is 43.4 Å². The molecule has 3 aromatic rings.